The van der Waals surface area contributed by atoms with Crippen molar-refractivity contribution in [3.8, 4) is 0 Å². The molecule has 79 heavy (non-hydrogen) atoms. The molecule has 2 aliphatic rings. The zero-order valence-electron chi connectivity index (χ0n) is 49.3. The molecule has 0 saturated carbocycles. The minimum Gasteiger partial charge on any atom is -0.394 e. The minimum absolute atomic E-state index is 0.244. The number of hydrogen-bond acceptors (Lipinski definition) is 13. The molecule has 2 rings (SSSR count). The molecule has 12 atom stereocenters. The summed E-state index contributed by atoms with van der Waals surface area (Å²) in [6, 6.07) is -0.920. The van der Waals surface area contributed by atoms with Crippen molar-refractivity contribution in [3.63, 3.8) is 0 Å². The van der Waals surface area contributed by atoms with Crippen LogP contribution in [0.4, 0.5) is 0 Å². The van der Waals surface area contributed by atoms with Crippen LogP contribution in [-0.4, -0.2) is 140 Å². The van der Waals surface area contributed by atoms with Gasteiger partial charge in [0.05, 0.1) is 32.0 Å². The molecular formula is C65H115NO13. The van der Waals surface area contributed by atoms with Crippen molar-refractivity contribution in [2.75, 3.05) is 19.8 Å². The zero-order chi connectivity index (χ0) is 57.4. The molecule has 458 valence electrons. The van der Waals surface area contributed by atoms with Crippen LogP contribution in [0, 0.1) is 0 Å². The lowest BCUT2D eigenvalue weighted by Crippen LogP contribution is -2.65. The average Bonchev–Trinajstić information content (AvgIpc) is 3.46. The summed E-state index contributed by atoms with van der Waals surface area (Å²) in [6.07, 6.45) is 49.3. The first-order valence-corrected chi connectivity index (χ1v) is 31.7. The van der Waals surface area contributed by atoms with E-state index in [9.17, 15) is 45.6 Å². The fourth-order valence-corrected chi connectivity index (χ4v) is 10.1. The van der Waals surface area contributed by atoms with Gasteiger partial charge in [-0.2, -0.15) is 0 Å². The minimum atomic E-state index is -1.79. The summed E-state index contributed by atoms with van der Waals surface area (Å²) in [5, 5.41) is 87.2. The zero-order valence-corrected chi connectivity index (χ0v) is 49.3. The normalized spacial score (nSPS) is 24.9. The highest BCUT2D eigenvalue weighted by molar-refractivity contribution is 5.76. The van der Waals surface area contributed by atoms with Gasteiger partial charge in [0.15, 0.2) is 12.6 Å². The van der Waals surface area contributed by atoms with E-state index in [0.717, 1.165) is 77.0 Å². The molecule has 0 spiro atoms. The van der Waals surface area contributed by atoms with Crippen LogP contribution in [0.2, 0.25) is 0 Å². The van der Waals surface area contributed by atoms with E-state index in [-0.39, 0.29) is 18.9 Å². The Hall–Kier alpha value is -2.57. The Bertz CT molecular complexity index is 1600. The molecule has 0 aromatic heterocycles. The van der Waals surface area contributed by atoms with Crippen molar-refractivity contribution in [2.24, 2.45) is 0 Å². The molecule has 0 aromatic carbocycles. The number of rotatable bonds is 50. The second-order valence-corrected chi connectivity index (χ2v) is 22.2. The quantitative estimate of drug-likeness (QED) is 0.0204. The molecule has 1 amide bonds. The molecular weight excluding hydrogens is 1000 g/mol. The van der Waals surface area contributed by atoms with Gasteiger partial charge in [-0.3, -0.25) is 4.79 Å². The van der Waals surface area contributed by atoms with E-state index >= 15 is 0 Å². The van der Waals surface area contributed by atoms with Crippen molar-refractivity contribution < 1.29 is 64.6 Å². The summed E-state index contributed by atoms with van der Waals surface area (Å²) in [5.74, 6) is -0.244. The van der Waals surface area contributed by atoms with Crippen LogP contribution in [0.3, 0.4) is 0 Å². The third-order valence-corrected chi connectivity index (χ3v) is 15.1. The van der Waals surface area contributed by atoms with Crippen LogP contribution in [0.1, 0.15) is 239 Å². The molecule has 2 saturated heterocycles. The molecule has 0 aromatic rings. The lowest BCUT2D eigenvalue weighted by Gasteiger charge is -2.46. The van der Waals surface area contributed by atoms with Crippen molar-refractivity contribution in [2.45, 2.75) is 312 Å². The number of allylic oxidation sites excluding steroid dienone is 11. The van der Waals surface area contributed by atoms with E-state index < -0.39 is 86.8 Å². The summed E-state index contributed by atoms with van der Waals surface area (Å²) in [7, 11) is 0. The van der Waals surface area contributed by atoms with E-state index in [4.69, 9.17) is 18.9 Å². The van der Waals surface area contributed by atoms with Crippen LogP contribution in [-0.2, 0) is 23.7 Å². The van der Waals surface area contributed by atoms with Crippen molar-refractivity contribution in [1.29, 1.82) is 0 Å². The van der Waals surface area contributed by atoms with Gasteiger partial charge in [0, 0.05) is 6.42 Å². The van der Waals surface area contributed by atoms with Crippen molar-refractivity contribution in [3.05, 3.63) is 72.9 Å². The Balaban J connectivity index is 1.73. The third-order valence-electron chi connectivity index (χ3n) is 15.1. The van der Waals surface area contributed by atoms with Crippen LogP contribution < -0.4 is 5.32 Å². The second-order valence-electron chi connectivity index (χ2n) is 22.2. The van der Waals surface area contributed by atoms with Gasteiger partial charge in [0.25, 0.3) is 0 Å². The average molecular weight is 1120 g/mol. The van der Waals surface area contributed by atoms with Gasteiger partial charge in [-0.25, -0.2) is 0 Å². The number of hydrogen-bond donors (Lipinski definition) is 9. The first-order chi connectivity index (χ1) is 38.6. The maximum atomic E-state index is 13.3. The van der Waals surface area contributed by atoms with Crippen LogP contribution in [0.15, 0.2) is 72.9 Å². The highest BCUT2D eigenvalue weighted by Gasteiger charge is 2.51. The van der Waals surface area contributed by atoms with Gasteiger partial charge < -0.3 is 65.1 Å². The largest absolute Gasteiger partial charge is 0.394 e. The van der Waals surface area contributed by atoms with Crippen LogP contribution in [0.5, 0.6) is 0 Å². The Morgan fingerprint density at radius 3 is 1.34 bits per heavy atom. The Labute approximate surface area is 478 Å². The van der Waals surface area contributed by atoms with Gasteiger partial charge in [-0.05, 0) is 64.2 Å². The highest BCUT2D eigenvalue weighted by Crippen LogP contribution is 2.30. The fourth-order valence-electron chi connectivity index (χ4n) is 10.1. The summed E-state index contributed by atoms with van der Waals surface area (Å²) >= 11 is 0. The summed E-state index contributed by atoms with van der Waals surface area (Å²) in [4.78, 5) is 13.3. The predicted molar refractivity (Wildman–Crippen MR) is 318 cm³/mol. The van der Waals surface area contributed by atoms with E-state index in [0.29, 0.717) is 6.42 Å². The number of carbonyl (C=O) groups excluding carboxylic acids is 1. The monoisotopic (exact) mass is 1120 g/mol. The van der Waals surface area contributed by atoms with Crippen LogP contribution >= 0.6 is 0 Å². The molecule has 0 aliphatic carbocycles. The first-order valence-electron chi connectivity index (χ1n) is 31.7. The van der Waals surface area contributed by atoms with Crippen LogP contribution in [0.25, 0.3) is 0 Å². The molecule has 0 radical (unpaired) electrons. The molecule has 9 N–H and O–H groups in total. The Morgan fingerprint density at radius 2 is 0.873 bits per heavy atom. The lowest BCUT2D eigenvalue weighted by atomic mass is 9.97. The molecule has 2 fully saturated rings. The molecule has 2 heterocycles. The Kier molecular flexibility index (Phi) is 45.9. The van der Waals surface area contributed by atoms with E-state index in [1.165, 1.54) is 135 Å². The number of aliphatic hydroxyl groups is 8. The molecule has 0 bridgehead atoms. The SMILES string of the molecule is CC/C=C\C/C=C\C/C=C\C/C=C\C/C=C\CCCCCCCCCCCCCC(=O)NC(COC1OC(CO)C(OC2OC(CO)C(O)C(O)C2O)C(O)C1O)C(O)/C=C/CCCCCCCCCCCCCCCCCC. The molecule has 2 aliphatic heterocycles. The Morgan fingerprint density at radius 1 is 0.468 bits per heavy atom. The number of ether oxygens (including phenoxy) is 4. The van der Waals surface area contributed by atoms with E-state index in [1.54, 1.807) is 6.08 Å². The van der Waals surface area contributed by atoms with Gasteiger partial charge in [-0.1, -0.05) is 241 Å². The molecule has 14 nitrogen and oxygen atoms in total. The van der Waals surface area contributed by atoms with Crippen molar-refractivity contribution >= 4 is 5.91 Å². The molecule has 14 heteroatoms. The van der Waals surface area contributed by atoms with E-state index in [2.05, 4.69) is 79.9 Å². The number of unbranched alkanes of at least 4 members (excludes halogenated alkanes) is 27. The maximum absolute atomic E-state index is 13.3. The molecule has 12 unspecified atom stereocenters. The third kappa shape index (κ3) is 35.2. The fraction of sp³-hybridized carbons (Fsp3) is 0.800. The smallest absolute Gasteiger partial charge is 0.220 e. The lowest BCUT2D eigenvalue weighted by molar-refractivity contribution is -0.359. The number of aliphatic hydroxyl groups excluding tert-OH is 8. The van der Waals surface area contributed by atoms with Gasteiger partial charge in [0.1, 0.15) is 48.8 Å². The van der Waals surface area contributed by atoms with E-state index in [1.807, 2.05) is 6.08 Å². The number of amides is 1. The summed E-state index contributed by atoms with van der Waals surface area (Å²) in [6.45, 7) is 2.69. The summed E-state index contributed by atoms with van der Waals surface area (Å²) < 4.78 is 22.8. The topological polar surface area (TPSA) is 228 Å². The van der Waals surface area contributed by atoms with Gasteiger partial charge in [-0.15, -0.1) is 0 Å². The summed E-state index contributed by atoms with van der Waals surface area (Å²) in [5.41, 5.74) is 0. The maximum Gasteiger partial charge on any atom is 0.220 e. The number of nitrogens with one attached hydrogen (secondary N) is 1. The second kappa shape index (κ2) is 50.0. The van der Waals surface area contributed by atoms with Gasteiger partial charge in [0.2, 0.25) is 5.91 Å². The van der Waals surface area contributed by atoms with Crippen molar-refractivity contribution in [1.82, 2.24) is 5.32 Å². The van der Waals surface area contributed by atoms with Gasteiger partial charge >= 0.3 is 0 Å². The standard InChI is InChI=1S/C65H115NO13/c1-3-5-7-9-11-13-15-17-19-21-23-24-25-26-27-28-29-30-31-33-35-37-39-41-43-45-47-49-57(70)66-53(54(69)48-46-44-42-40-38-36-34-32-22-20-18-16-14-12-10-8-6-4-2)52-76-64-62(75)60(73)63(56(51-68)78-64)79-65-61(74)59(72)58(71)55(50-67)77-65/h5,7,11,13,17,19,23-24,26-27,46,48,53-56,58-65,67-69,71-75H,3-4,6,8-10,12,14-16,18,20-22,25,28-45,47,49-52H2,1-2H3,(H,66,70)/b7-5-,13-11-,19-17-,24-23-,27-26-,48-46+. The first kappa shape index (κ1) is 72.5. The predicted octanol–water partition coefficient (Wildman–Crippen LogP) is 11.5. The highest BCUT2D eigenvalue weighted by atomic mass is 16.7. The number of carbonyl (C=O) groups is 1.